The van der Waals surface area contributed by atoms with Crippen LogP contribution in [0.25, 0.3) is 0 Å². The number of benzene rings is 2. The highest BCUT2D eigenvalue weighted by Crippen LogP contribution is 2.19. The predicted molar refractivity (Wildman–Crippen MR) is 102 cm³/mol. The van der Waals surface area contributed by atoms with Gasteiger partial charge < -0.3 is 20.5 Å². The SMILES string of the molecule is CCNC(=NCC(O)c1ccc(OC(F)F)cc1)NCCc1c(F)cccc1F. The second-order valence-corrected chi connectivity index (χ2v) is 6.06. The van der Waals surface area contributed by atoms with Crippen LogP contribution in [-0.4, -0.2) is 37.3 Å². The number of hydrogen-bond donors (Lipinski definition) is 3. The van der Waals surface area contributed by atoms with Crippen molar-refractivity contribution in [3.05, 3.63) is 65.2 Å². The molecule has 5 nitrogen and oxygen atoms in total. The van der Waals surface area contributed by atoms with Crippen molar-refractivity contribution in [2.24, 2.45) is 4.99 Å². The normalized spacial score (nSPS) is 12.7. The lowest BCUT2D eigenvalue weighted by atomic mass is 10.1. The minimum Gasteiger partial charge on any atom is -0.435 e. The van der Waals surface area contributed by atoms with Gasteiger partial charge in [0.25, 0.3) is 0 Å². The molecule has 0 aliphatic carbocycles. The lowest BCUT2D eigenvalue weighted by molar-refractivity contribution is -0.0498. The average molecular weight is 413 g/mol. The van der Waals surface area contributed by atoms with Crippen LogP contribution >= 0.6 is 0 Å². The highest BCUT2D eigenvalue weighted by molar-refractivity contribution is 5.79. The van der Waals surface area contributed by atoms with Crippen LogP contribution in [0.1, 0.15) is 24.2 Å². The molecule has 0 aliphatic heterocycles. The molecule has 0 saturated heterocycles. The van der Waals surface area contributed by atoms with Crippen LogP contribution in [-0.2, 0) is 6.42 Å². The Bertz CT molecular complexity index is 781. The van der Waals surface area contributed by atoms with E-state index in [1.807, 2.05) is 6.92 Å². The van der Waals surface area contributed by atoms with Crippen molar-refractivity contribution in [2.45, 2.75) is 26.1 Å². The Labute approximate surface area is 166 Å². The molecule has 0 heterocycles. The second kappa shape index (κ2) is 11.3. The summed E-state index contributed by atoms with van der Waals surface area (Å²) < 4.78 is 55.9. The Kier molecular flexibility index (Phi) is 8.72. The van der Waals surface area contributed by atoms with Gasteiger partial charge in [0.05, 0.1) is 12.6 Å². The molecule has 1 atom stereocenters. The second-order valence-electron chi connectivity index (χ2n) is 6.06. The Hall–Kier alpha value is -2.81. The fraction of sp³-hybridized carbons (Fsp3) is 0.350. The van der Waals surface area contributed by atoms with Crippen molar-refractivity contribution >= 4 is 5.96 Å². The van der Waals surface area contributed by atoms with Crippen molar-refractivity contribution in [3.8, 4) is 5.75 Å². The Morgan fingerprint density at radius 3 is 2.31 bits per heavy atom. The molecule has 3 N–H and O–H groups in total. The first-order chi connectivity index (χ1) is 13.9. The molecule has 158 valence electrons. The number of alkyl halides is 2. The van der Waals surface area contributed by atoms with Crippen LogP contribution in [0.3, 0.4) is 0 Å². The van der Waals surface area contributed by atoms with Crippen molar-refractivity contribution in [2.75, 3.05) is 19.6 Å². The van der Waals surface area contributed by atoms with E-state index in [2.05, 4.69) is 20.4 Å². The molecule has 0 aromatic heterocycles. The van der Waals surface area contributed by atoms with E-state index < -0.39 is 24.3 Å². The molecule has 0 spiro atoms. The lowest BCUT2D eigenvalue weighted by Crippen LogP contribution is -2.38. The quantitative estimate of drug-likeness (QED) is 0.335. The van der Waals surface area contributed by atoms with E-state index in [9.17, 15) is 22.7 Å². The maximum Gasteiger partial charge on any atom is 0.387 e. The van der Waals surface area contributed by atoms with Gasteiger partial charge in [-0.2, -0.15) is 8.78 Å². The van der Waals surface area contributed by atoms with Gasteiger partial charge in [0.2, 0.25) is 0 Å². The van der Waals surface area contributed by atoms with E-state index in [0.29, 0.717) is 18.1 Å². The summed E-state index contributed by atoms with van der Waals surface area (Å²) in [5.74, 6) is -0.845. The van der Waals surface area contributed by atoms with Gasteiger partial charge in [-0.25, -0.2) is 8.78 Å². The zero-order chi connectivity index (χ0) is 21.2. The van der Waals surface area contributed by atoms with Gasteiger partial charge in [0, 0.05) is 18.7 Å². The monoisotopic (exact) mass is 413 g/mol. The summed E-state index contributed by atoms with van der Waals surface area (Å²) in [5, 5.41) is 16.2. The van der Waals surface area contributed by atoms with Gasteiger partial charge in [0.1, 0.15) is 17.4 Å². The van der Waals surface area contributed by atoms with Crippen LogP contribution in [0.2, 0.25) is 0 Å². The van der Waals surface area contributed by atoms with Crippen molar-refractivity contribution in [1.29, 1.82) is 0 Å². The third-order valence-corrected chi connectivity index (χ3v) is 3.99. The van der Waals surface area contributed by atoms with Crippen LogP contribution in [0, 0.1) is 11.6 Å². The topological polar surface area (TPSA) is 65.9 Å². The van der Waals surface area contributed by atoms with E-state index in [1.165, 1.54) is 42.5 Å². The molecule has 29 heavy (non-hydrogen) atoms. The highest BCUT2D eigenvalue weighted by atomic mass is 19.3. The van der Waals surface area contributed by atoms with E-state index in [0.717, 1.165) is 0 Å². The first-order valence-electron chi connectivity index (χ1n) is 9.08. The third-order valence-electron chi connectivity index (χ3n) is 3.99. The number of aliphatic hydroxyl groups is 1. The molecule has 1 unspecified atom stereocenters. The van der Waals surface area contributed by atoms with E-state index in [-0.39, 0.29) is 30.8 Å². The number of nitrogens with one attached hydrogen (secondary N) is 2. The molecule has 2 aromatic rings. The Balaban J connectivity index is 1.92. The number of rotatable bonds is 9. The number of hydrogen-bond acceptors (Lipinski definition) is 3. The van der Waals surface area contributed by atoms with Crippen LogP contribution < -0.4 is 15.4 Å². The van der Waals surface area contributed by atoms with Crippen molar-refractivity contribution in [3.63, 3.8) is 0 Å². The van der Waals surface area contributed by atoms with Crippen molar-refractivity contribution < 1.29 is 27.4 Å². The molecule has 0 amide bonds. The molecule has 0 radical (unpaired) electrons. The molecule has 2 aromatic carbocycles. The van der Waals surface area contributed by atoms with Crippen LogP contribution in [0.4, 0.5) is 17.6 Å². The van der Waals surface area contributed by atoms with Gasteiger partial charge in [-0.05, 0) is 43.2 Å². The van der Waals surface area contributed by atoms with Crippen molar-refractivity contribution in [1.82, 2.24) is 10.6 Å². The summed E-state index contributed by atoms with van der Waals surface area (Å²) in [6, 6.07) is 9.32. The molecule has 2 rings (SSSR count). The average Bonchev–Trinajstić information content (AvgIpc) is 2.68. The zero-order valence-corrected chi connectivity index (χ0v) is 15.8. The summed E-state index contributed by atoms with van der Waals surface area (Å²) in [4.78, 5) is 4.24. The number of aliphatic imine (C=N–C) groups is 1. The molecule has 0 aliphatic rings. The first-order valence-corrected chi connectivity index (χ1v) is 9.08. The largest absolute Gasteiger partial charge is 0.435 e. The van der Waals surface area contributed by atoms with E-state index in [1.54, 1.807) is 0 Å². The third kappa shape index (κ3) is 7.26. The summed E-state index contributed by atoms with van der Waals surface area (Å²) >= 11 is 0. The van der Waals surface area contributed by atoms with E-state index >= 15 is 0 Å². The van der Waals surface area contributed by atoms with Gasteiger partial charge in [-0.15, -0.1) is 0 Å². The highest BCUT2D eigenvalue weighted by Gasteiger charge is 2.11. The predicted octanol–water partition coefficient (Wildman–Crippen LogP) is 3.40. The zero-order valence-electron chi connectivity index (χ0n) is 15.8. The smallest absolute Gasteiger partial charge is 0.387 e. The molecule has 0 fully saturated rings. The number of guanidine groups is 1. The van der Waals surface area contributed by atoms with E-state index in [4.69, 9.17) is 0 Å². The minimum atomic E-state index is -2.91. The first kappa shape index (κ1) is 22.5. The lowest BCUT2D eigenvalue weighted by Gasteiger charge is -2.14. The maximum absolute atomic E-state index is 13.7. The van der Waals surface area contributed by atoms with Crippen LogP contribution in [0.5, 0.6) is 5.75 Å². The summed E-state index contributed by atoms with van der Waals surface area (Å²) in [6.07, 6.45) is -0.841. The number of nitrogens with zero attached hydrogens (tertiary/aromatic N) is 1. The molecule has 9 heteroatoms. The number of aliphatic hydroxyl groups excluding tert-OH is 1. The standard InChI is InChI=1S/C20H23F4N3O2/c1-2-25-20(26-11-10-15-16(21)4-3-5-17(15)22)27-12-18(28)13-6-8-14(9-7-13)29-19(23)24/h3-9,18-19,28H,2,10-12H2,1H3,(H2,25,26,27). The summed E-state index contributed by atoms with van der Waals surface area (Å²) in [6.45, 7) is -0.277. The fourth-order valence-electron chi connectivity index (χ4n) is 2.57. The minimum absolute atomic E-state index is 0.00154. The Morgan fingerprint density at radius 1 is 1.07 bits per heavy atom. The fourth-order valence-corrected chi connectivity index (χ4v) is 2.57. The van der Waals surface area contributed by atoms with Crippen LogP contribution in [0.15, 0.2) is 47.5 Å². The molecule has 0 saturated carbocycles. The maximum atomic E-state index is 13.7. The molecule has 0 bridgehead atoms. The number of ether oxygens (including phenoxy) is 1. The van der Waals surface area contributed by atoms with Gasteiger partial charge >= 0.3 is 6.61 Å². The van der Waals surface area contributed by atoms with Gasteiger partial charge in [-0.3, -0.25) is 4.99 Å². The Morgan fingerprint density at radius 2 is 1.72 bits per heavy atom. The van der Waals surface area contributed by atoms with Gasteiger partial charge in [-0.1, -0.05) is 18.2 Å². The number of halogens is 4. The summed E-state index contributed by atoms with van der Waals surface area (Å²) in [7, 11) is 0. The molecular formula is C20H23F4N3O2. The molecular weight excluding hydrogens is 390 g/mol. The summed E-state index contributed by atoms with van der Waals surface area (Å²) in [5.41, 5.74) is 0.474. The van der Waals surface area contributed by atoms with Gasteiger partial charge in [0.15, 0.2) is 5.96 Å².